The van der Waals surface area contributed by atoms with Crippen molar-refractivity contribution < 1.29 is 4.39 Å². The Kier molecular flexibility index (Phi) is 3.96. The number of nitrogens with zero attached hydrogens (tertiary/aromatic N) is 3. The molecule has 0 aromatic carbocycles. The van der Waals surface area contributed by atoms with Crippen molar-refractivity contribution in [1.29, 1.82) is 0 Å². The second-order valence-corrected chi connectivity index (χ2v) is 4.79. The lowest BCUT2D eigenvalue weighted by Gasteiger charge is -2.39. The number of anilines is 2. The fourth-order valence-electron chi connectivity index (χ4n) is 2.33. The fourth-order valence-corrected chi connectivity index (χ4v) is 2.33. The van der Waals surface area contributed by atoms with E-state index < -0.39 is 5.82 Å². The van der Waals surface area contributed by atoms with Gasteiger partial charge in [-0.05, 0) is 26.7 Å². The Hall–Kier alpha value is -1.43. The van der Waals surface area contributed by atoms with Crippen LogP contribution >= 0.6 is 0 Å². The second kappa shape index (κ2) is 5.48. The number of hydrogen-bond donors (Lipinski definition) is 2. The SMILES string of the molecule is CNc1ncc(F)c(NN2C(C)CCCC2C)n1. The molecule has 2 rings (SSSR count). The predicted octanol–water partition coefficient (Wildman–Crippen LogP) is 2.25. The summed E-state index contributed by atoms with van der Waals surface area (Å²) in [6.07, 6.45) is 4.63. The lowest BCUT2D eigenvalue weighted by atomic mass is 10.00. The van der Waals surface area contributed by atoms with Crippen molar-refractivity contribution in [3.05, 3.63) is 12.0 Å². The van der Waals surface area contributed by atoms with Gasteiger partial charge in [-0.25, -0.2) is 14.4 Å². The molecule has 1 fully saturated rings. The molecular weight excluding hydrogens is 233 g/mol. The van der Waals surface area contributed by atoms with E-state index in [1.165, 1.54) is 12.6 Å². The number of aromatic nitrogens is 2. The van der Waals surface area contributed by atoms with E-state index in [9.17, 15) is 4.39 Å². The summed E-state index contributed by atoms with van der Waals surface area (Å²) in [6.45, 7) is 4.28. The van der Waals surface area contributed by atoms with Crippen LogP contribution in [0, 0.1) is 5.82 Å². The normalized spacial score (nSPS) is 24.9. The number of piperidine rings is 1. The summed E-state index contributed by atoms with van der Waals surface area (Å²) in [7, 11) is 1.71. The maximum absolute atomic E-state index is 13.7. The summed E-state index contributed by atoms with van der Waals surface area (Å²) >= 11 is 0. The van der Waals surface area contributed by atoms with Crippen molar-refractivity contribution in [2.24, 2.45) is 0 Å². The second-order valence-electron chi connectivity index (χ2n) is 4.79. The first-order valence-corrected chi connectivity index (χ1v) is 6.37. The van der Waals surface area contributed by atoms with Gasteiger partial charge in [0.25, 0.3) is 0 Å². The number of rotatable bonds is 3. The van der Waals surface area contributed by atoms with E-state index in [0.717, 1.165) is 12.8 Å². The van der Waals surface area contributed by atoms with Gasteiger partial charge in [0, 0.05) is 19.1 Å². The third-order valence-electron chi connectivity index (χ3n) is 3.40. The Balaban J connectivity index is 2.16. The third-order valence-corrected chi connectivity index (χ3v) is 3.40. The molecule has 1 saturated heterocycles. The molecule has 1 aliphatic rings. The smallest absolute Gasteiger partial charge is 0.224 e. The topological polar surface area (TPSA) is 53.1 Å². The van der Waals surface area contributed by atoms with Crippen molar-refractivity contribution in [3.63, 3.8) is 0 Å². The van der Waals surface area contributed by atoms with Gasteiger partial charge in [-0.1, -0.05) is 6.42 Å². The summed E-state index contributed by atoms with van der Waals surface area (Å²) in [5, 5.41) is 4.88. The van der Waals surface area contributed by atoms with Crippen LogP contribution in [0.5, 0.6) is 0 Å². The van der Waals surface area contributed by atoms with Gasteiger partial charge in [0.1, 0.15) is 0 Å². The van der Waals surface area contributed by atoms with Crippen LogP contribution in [0.3, 0.4) is 0 Å². The Labute approximate surface area is 107 Å². The molecule has 2 atom stereocenters. The van der Waals surface area contributed by atoms with E-state index in [-0.39, 0.29) is 5.82 Å². The number of nitrogens with one attached hydrogen (secondary N) is 2. The van der Waals surface area contributed by atoms with Gasteiger partial charge in [0.2, 0.25) is 5.95 Å². The van der Waals surface area contributed by atoms with E-state index in [1.54, 1.807) is 7.05 Å². The Bertz CT molecular complexity index is 401. The minimum atomic E-state index is -0.432. The van der Waals surface area contributed by atoms with Crippen molar-refractivity contribution >= 4 is 11.8 Å². The van der Waals surface area contributed by atoms with Crippen LogP contribution in [0.1, 0.15) is 33.1 Å². The largest absolute Gasteiger partial charge is 0.357 e. The zero-order valence-electron chi connectivity index (χ0n) is 11.1. The predicted molar refractivity (Wildman–Crippen MR) is 69.8 cm³/mol. The molecule has 0 aliphatic carbocycles. The average molecular weight is 253 g/mol. The quantitative estimate of drug-likeness (QED) is 0.865. The van der Waals surface area contributed by atoms with Crippen LogP contribution in [0.15, 0.2) is 6.20 Å². The molecule has 5 nitrogen and oxygen atoms in total. The fraction of sp³-hybridized carbons (Fsp3) is 0.667. The molecule has 1 aliphatic heterocycles. The lowest BCUT2D eigenvalue weighted by Crippen LogP contribution is -2.47. The van der Waals surface area contributed by atoms with E-state index in [0.29, 0.717) is 18.0 Å². The zero-order valence-corrected chi connectivity index (χ0v) is 11.1. The highest BCUT2D eigenvalue weighted by atomic mass is 19.1. The standard InChI is InChI=1S/C12H20FN5/c1-8-5-4-6-9(2)18(8)17-11-10(13)7-15-12(14-3)16-11/h7-9H,4-6H2,1-3H3,(H2,14,15,16,17). The summed E-state index contributed by atoms with van der Waals surface area (Å²) in [5.74, 6) is 0.213. The van der Waals surface area contributed by atoms with Crippen LogP contribution in [-0.4, -0.2) is 34.1 Å². The first-order chi connectivity index (χ1) is 8.61. The molecule has 6 heteroatoms. The summed E-state index contributed by atoms with van der Waals surface area (Å²) < 4.78 is 13.7. The third kappa shape index (κ3) is 2.69. The number of halogens is 1. The molecule has 1 aromatic heterocycles. The van der Waals surface area contributed by atoms with E-state index in [2.05, 4.69) is 39.6 Å². The zero-order chi connectivity index (χ0) is 13.1. The van der Waals surface area contributed by atoms with Crippen LogP contribution in [0.4, 0.5) is 16.2 Å². The molecular formula is C12H20FN5. The first-order valence-electron chi connectivity index (χ1n) is 6.37. The average Bonchev–Trinajstić information content (AvgIpc) is 2.36. The van der Waals surface area contributed by atoms with E-state index in [1.807, 2.05) is 0 Å². The Morgan fingerprint density at radius 3 is 2.61 bits per heavy atom. The van der Waals surface area contributed by atoms with Crippen LogP contribution in [0.25, 0.3) is 0 Å². The Morgan fingerprint density at radius 2 is 2.00 bits per heavy atom. The van der Waals surface area contributed by atoms with E-state index in [4.69, 9.17) is 0 Å². The molecule has 1 aromatic rings. The van der Waals surface area contributed by atoms with Gasteiger partial charge in [0.05, 0.1) is 6.20 Å². The molecule has 0 saturated carbocycles. The number of hydrogen-bond acceptors (Lipinski definition) is 5. The minimum Gasteiger partial charge on any atom is -0.357 e. The van der Waals surface area contributed by atoms with Gasteiger partial charge in [-0.3, -0.25) is 5.43 Å². The molecule has 2 unspecified atom stereocenters. The highest BCUT2D eigenvalue weighted by Crippen LogP contribution is 2.23. The summed E-state index contributed by atoms with van der Waals surface area (Å²) in [4.78, 5) is 7.94. The summed E-state index contributed by atoms with van der Waals surface area (Å²) in [6, 6.07) is 0.752. The first kappa shape index (κ1) is 13.0. The summed E-state index contributed by atoms with van der Waals surface area (Å²) in [5.41, 5.74) is 3.09. The van der Waals surface area contributed by atoms with Gasteiger partial charge in [0.15, 0.2) is 11.6 Å². The molecule has 2 N–H and O–H groups in total. The van der Waals surface area contributed by atoms with Gasteiger partial charge < -0.3 is 5.32 Å². The minimum absolute atomic E-state index is 0.231. The Morgan fingerprint density at radius 1 is 1.33 bits per heavy atom. The van der Waals surface area contributed by atoms with Crippen LogP contribution in [0.2, 0.25) is 0 Å². The monoisotopic (exact) mass is 253 g/mol. The number of hydrazine groups is 1. The van der Waals surface area contributed by atoms with Crippen LogP contribution in [-0.2, 0) is 0 Å². The van der Waals surface area contributed by atoms with Gasteiger partial charge in [-0.2, -0.15) is 4.98 Å². The van der Waals surface area contributed by atoms with Crippen LogP contribution < -0.4 is 10.7 Å². The van der Waals surface area contributed by atoms with Crippen molar-refractivity contribution in [1.82, 2.24) is 15.0 Å². The highest BCUT2D eigenvalue weighted by Gasteiger charge is 2.25. The molecule has 100 valence electrons. The van der Waals surface area contributed by atoms with Crippen molar-refractivity contribution in [2.75, 3.05) is 17.8 Å². The van der Waals surface area contributed by atoms with Gasteiger partial charge in [-0.15, -0.1) is 0 Å². The molecule has 0 spiro atoms. The highest BCUT2D eigenvalue weighted by molar-refractivity contribution is 5.40. The van der Waals surface area contributed by atoms with Crippen molar-refractivity contribution in [3.8, 4) is 0 Å². The molecule has 2 heterocycles. The maximum Gasteiger partial charge on any atom is 0.224 e. The molecule has 0 radical (unpaired) electrons. The molecule has 0 bridgehead atoms. The van der Waals surface area contributed by atoms with Gasteiger partial charge >= 0.3 is 0 Å². The maximum atomic E-state index is 13.7. The molecule has 18 heavy (non-hydrogen) atoms. The van der Waals surface area contributed by atoms with E-state index >= 15 is 0 Å². The van der Waals surface area contributed by atoms with Crippen molar-refractivity contribution in [2.45, 2.75) is 45.2 Å². The lowest BCUT2D eigenvalue weighted by molar-refractivity contribution is 0.134. The molecule has 0 amide bonds.